The van der Waals surface area contributed by atoms with E-state index < -0.39 is 0 Å². The molecule has 1 N–H and O–H groups in total. The van der Waals surface area contributed by atoms with Crippen molar-refractivity contribution in [1.29, 1.82) is 0 Å². The summed E-state index contributed by atoms with van der Waals surface area (Å²) in [5.74, 6) is 0.529. The number of nitrogens with one attached hydrogen (secondary N) is 1. The molecule has 0 unspecified atom stereocenters. The number of rotatable bonds is 4. The Morgan fingerprint density at radius 3 is 2.83 bits per heavy atom. The summed E-state index contributed by atoms with van der Waals surface area (Å²) in [6.07, 6.45) is 0. The van der Waals surface area contributed by atoms with Gasteiger partial charge in [-0.25, -0.2) is 4.98 Å². The smallest absolute Gasteiger partial charge is 0.237 e. The number of thiazole rings is 1. The van der Waals surface area contributed by atoms with Crippen LogP contribution in [0.1, 0.15) is 26.5 Å². The molecule has 7 heteroatoms. The number of thioether (sulfide) groups is 1. The second kappa shape index (κ2) is 6.33. The zero-order valence-electron chi connectivity index (χ0n) is 13.1. The van der Waals surface area contributed by atoms with Gasteiger partial charge >= 0.3 is 0 Å². The Labute approximate surface area is 142 Å². The van der Waals surface area contributed by atoms with Gasteiger partial charge in [0.1, 0.15) is 0 Å². The number of hydrogen-bond acceptors (Lipinski definition) is 6. The fraction of sp³-hybridized carbons (Fsp3) is 0.312. The molecule has 120 valence electrons. The van der Waals surface area contributed by atoms with E-state index >= 15 is 0 Å². The Balaban J connectivity index is 1.58. The molecule has 2 aromatic heterocycles. The highest BCUT2D eigenvalue weighted by Gasteiger charge is 2.19. The molecule has 3 aromatic rings. The van der Waals surface area contributed by atoms with E-state index in [4.69, 9.17) is 4.52 Å². The Bertz CT molecular complexity index is 800. The zero-order chi connectivity index (χ0) is 16.4. The van der Waals surface area contributed by atoms with Crippen molar-refractivity contribution in [3.8, 4) is 0 Å². The zero-order valence-corrected chi connectivity index (χ0v) is 14.8. The van der Waals surface area contributed by atoms with Gasteiger partial charge in [-0.1, -0.05) is 49.8 Å². The molecule has 0 aliphatic carbocycles. The van der Waals surface area contributed by atoms with Gasteiger partial charge in [0.2, 0.25) is 11.8 Å². The van der Waals surface area contributed by atoms with Crippen LogP contribution in [-0.2, 0) is 10.2 Å². The van der Waals surface area contributed by atoms with E-state index in [1.54, 1.807) is 17.4 Å². The normalized spacial score (nSPS) is 11.8. The quantitative estimate of drug-likeness (QED) is 0.712. The van der Waals surface area contributed by atoms with Gasteiger partial charge < -0.3 is 4.52 Å². The molecule has 1 aromatic carbocycles. The van der Waals surface area contributed by atoms with Crippen molar-refractivity contribution in [3.05, 3.63) is 36.0 Å². The highest BCUT2D eigenvalue weighted by molar-refractivity contribution is 8.01. The highest BCUT2D eigenvalue weighted by Crippen LogP contribution is 2.29. The van der Waals surface area contributed by atoms with Crippen LogP contribution in [0.4, 0.5) is 5.88 Å². The van der Waals surface area contributed by atoms with Crippen molar-refractivity contribution < 1.29 is 9.32 Å². The van der Waals surface area contributed by atoms with Crippen LogP contribution < -0.4 is 5.32 Å². The average Bonchev–Trinajstić information content (AvgIpc) is 3.10. The first-order chi connectivity index (χ1) is 10.9. The number of carbonyl (C=O) groups is 1. The summed E-state index contributed by atoms with van der Waals surface area (Å²) in [6.45, 7) is 6.12. The number of nitrogens with zero attached hydrogens (tertiary/aromatic N) is 2. The van der Waals surface area contributed by atoms with Gasteiger partial charge in [0.15, 0.2) is 4.34 Å². The van der Waals surface area contributed by atoms with Gasteiger partial charge in [-0.2, -0.15) is 0 Å². The minimum Gasteiger partial charge on any atom is -0.338 e. The van der Waals surface area contributed by atoms with E-state index in [0.29, 0.717) is 5.88 Å². The standard InChI is InChI=1S/C16H17N3O2S2/c1-16(2,3)12-8-14(21-19-12)18-13(20)9-22-15-17-10-6-4-5-7-11(10)23-15/h4-8H,9H2,1-3H3,(H,18,20). The Morgan fingerprint density at radius 1 is 1.35 bits per heavy atom. The molecule has 23 heavy (non-hydrogen) atoms. The number of aromatic nitrogens is 2. The molecule has 2 heterocycles. The maximum atomic E-state index is 12.0. The lowest BCUT2D eigenvalue weighted by Gasteiger charge is -2.12. The van der Waals surface area contributed by atoms with E-state index in [2.05, 4.69) is 15.5 Å². The third kappa shape index (κ3) is 3.92. The third-order valence-corrected chi connectivity index (χ3v) is 5.32. The predicted octanol–water partition coefficient (Wildman–Crippen LogP) is 4.31. The number of benzene rings is 1. The minimum atomic E-state index is -0.133. The maximum Gasteiger partial charge on any atom is 0.237 e. The summed E-state index contributed by atoms with van der Waals surface area (Å²) in [5, 5.41) is 6.71. The molecule has 3 rings (SSSR count). The van der Waals surface area contributed by atoms with Gasteiger partial charge in [-0.05, 0) is 12.1 Å². The molecule has 0 saturated heterocycles. The summed E-state index contributed by atoms with van der Waals surface area (Å²) >= 11 is 3.01. The number of amides is 1. The van der Waals surface area contributed by atoms with Gasteiger partial charge in [0.05, 0.1) is 21.7 Å². The summed E-state index contributed by atoms with van der Waals surface area (Å²) in [4.78, 5) is 16.5. The monoisotopic (exact) mass is 347 g/mol. The van der Waals surface area contributed by atoms with Crippen LogP contribution in [0.3, 0.4) is 0 Å². The van der Waals surface area contributed by atoms with Crippen molar-refractivity contribution in [2.75, 3.05) is 11.1 Å². The average molecular weight is 347 g/mol. The number of fused-ring (bicyclic) bond motifs is 1. The number of anilines is 1. The second-order valence-corrected chi connectivity index (χ2v) is 8.36. The van der Waals surface area contributed by atoms with Crippen LogP contribution in [0, 0.1) is 0 Å². The SMILES string of the molecule is CC(C)(C)c1cc(NC(=O)CSc2nc3ccccc3s2)on1. The minimum absolute atomic E-state index is 0.109. The predicted molar refractivity (Wildman–Crippen MR) is 94.2 cm³/mol. The lowest BCUT2D eigenvalue weighted by Crippen LogP contribution is -2.14. The Kier molecular flexibility index (Phi) is 4.41. The van der Waals surface area contributed by atoms with E-state index in [9.17, 15) is 4.79 Å². The molecule has 0 radical (unpaired) electrons. The molecule has 0 saturated carbocycles. The lowest BCUT2D eigenvalue weighted by atomic mass is 9.92. The first kappa shape index (κ1) is 16.0. The van der Waals surface area contributed by atoms with Crippen molar-refractivity contribution in [2.45, 2.75) is 30.5 Å². The Hall–Kier alpha value is -1.86. The van der Waals surface area contributed by atoms with Crippen molar-refractivity contribution in [1.82, 2.24) is 10.1 Å². The first-order valence-electron chi connectivity index (χ1n) is 7.17. The number of para-hydroxylation sites is 1. The maximum absolute atomic E-state index is 12.0. The summed E-state index contributed by atoms with van der Waals surface area (Å²) in [7, 11) is 0. The molecule has 0 aliphatic heterocycles. The molecule has 0 bridgehead atoms. The summed E-state index contributed by atoms with van der Waals surface area (Å²) in [5.41, 5.74) is 1.67. The molecule has 0 fully saturated rings. The lowest BCUT2D eigenvalue weighted by molar-refractivity contribution is -0.113. The van der Waals surface area contributed by atoms with Gasteiger partial charge in [0, 0.05) is 11.5 Å². The largest absolute Gasteiger partial charge is 0.338 e. The van der Waals surface area contributed by atoms with Gasteiger partial charge in [-0.3, -0.25) is 10.1 Å². The molecule has 0 aliphatic rings. The molecule has 0 spiro atoms. The topological polar surface area (TPSA) is 68.0 Å². The summed E-state index contributed by atoms with van der Waals surface area (Å²) < 4.78 is 7.17. The fourth-order valence-electron chi connectivity index (χ4n) is 1.90. The van der Waals surface area contributed by atoms with E-state index in [0.717, 1.165) is 20.3 Å². The fourth-order valence-corrected chi connectivity index (χ4v) is 3.77. The van der Waals surface area contributed by atoms with Crippen molar-refractivity contribution >= 4 is 45.1 Å². The van der Waals surface area contributed by atoms with Crippen molar-refractivity contribution in [3.63, 3.8) is 0 Å². The Morgan fingerprint density at radius 2 is 2.13 bits per heavy atom. The van der Waals surface area contributed by atoms with Crippen LogP contribution in [0.15, 0.2) is 39.2 Å². The van der Waals surface area contributed by atoms with E-state index in [1.165, 1.54) is 11.8 Å². The number of carbonyl (C=O) groups excluding carboxylic acids is 1. The van der Waals surface area contributed by atoms with Crippen LogP contribution in [-0.4, -0.2) is 21.8 Å². The summed E-state index contributed by atoms with van der Waals surface area (Å²) in [6, 6.07) is 9.71. The highest BCUT2D eigenvalue weighted by atomic mass is 32.2. The molecule has 5 nitrogen and oxygen atoms in total. The van der Waals surface area contributed by atoms with Crippen LogP contribution in [0.25, 0.3) is 10.2 Å². The van der Waals surface area contributed by atoms with Crippen LogP contribution in [0.5, 0.6) is 0 Å². The molecule has 0 atom stereocenters. The van der Waals surface area contributed by atoms with Crippen molar-refractivity contribution in [2.24, 2.45) is 0 Å². The number of hydrogen-bond donors (Lipinski definition) is 1. The molecular formula is C16H17N3O2S2. The molecular weight excluding hydrogens is 330 g/mol. The second-order valence-electron chi connectivity index (χ2n) is 6.11. The van der Waals surface area contributed by atoms with E-state index in [-0.39, 0.29) is 17.1 Å². The van der Waals surface area contributed by atoms with Crippen LogP contribution in [0.2, 0.25) is 0 Å². The van der Waals surface area contributed by atoms with Crippen LogP contribution >= 0.6 is 23.1 Å². The molecule has 1 amide bonds. The third-order valence-electron chi connectivity index (χ3n) is 3.14. The van der Waals surface area contributed by atoms with Gasteiger partial charge in [-0.15, -0.1) is 11.3 Å². The first-order valence-corrected chi connectivity index (χ1v) is 8.97. The van der Waals surface area contributed by atoms with Gasteiger partial charge in [0.25, 0.3) is 0 Å². The van der Waals surface area contributed by atoms with E-state index in [1.807, 2.05) is 45.0 Å².